The van der Waals surface area contributed by atoms with Gasteiger partial charge < -0.3 is 9.13 Å². The fourth-order valence-electron chi connectivity index (χ4n) is 4.00. The second-order valence-corrected chi connectivity index (χ2v) is 9.31. The van der Waals surface area contributed by atoms with Gasteiger partial charge in [-0.25, -0.2) is 4.98 Å². The van der Waals surface area contributed by atoms with Crippen LogP contribution in [0.15, 0.2) is 18.6 Å². The second kappa shape index (κ2) is 6.09. The third kappa shape index (κ3) is 3.31. The fourth-order valence-corrected chi connectivity index (χ4v) is 4.00. The van der Waals surface area contributed by atoms with E-state index in [0.717, 1.165) is 0 Å². The quantitative estimate of drug-likeness (QED) is 0.677. The smallest absolute Gasteiger partial charge is 0.0951 e. The molecule has 0 aromatic carbocycles. The molecule has 2 aliphatic rings. The van der Waals surface area contributed by atoms with E-state index in [9.17, 15) is 0 Å². The van der Waals surface area contributed by atoms with E-state index in [4.69, 9.17) is 0 Å². The summed E-state index contributed by atoms with van der Waals surface area (Å²) in [5.74, 6) is 0. The van der Waals surface area contributed by atoms with E-state index < -0.39 is 0 Å². The number of fused-ring (bicyclic) bond motifs is 2. The normalized spacial score (nSPS) is 16.6. The summed E-state index contributed by atoms with van der Waals surface area (Å²) in [7, 11) is 0. The highest BCUT2D eigenvalue weighted by Gasteiger charge is 2.25. The average molecular weight is 328 g/mol. The fraction of sp³-hybridized carbons (Fsp3) is 0.667. The number of rotatable bonds is 0. The molecule has 0 radical (unpaired) electrons. The van der Waals surface area contributed by atoms with Crippen LogP contribution in [0.2, 0.25) is 0 Å². The van der Waals surface area contributed by atoms with Crippen LogP contribution in [0, 0.1) is 0 Å². The van der Waals surface area contributed by atoms with E-state index in [1.807, 2.05) is 6.33 Å². The lowest BCUT2D eigenvalue weighted by Crippen LogP contribution is -2.14. The lowest BCUT2D eigenvalue weighted by atomic mass is 9.86. The maximum absolute atomic E-state index is 4.47. The number of imidazole rings is 1. The summed E-state index contributed by atoms with van der Waals surface area (Å²) < 4.78 is 4.70. The summed E-state index contributed by atoms with van der Waals surface area (Å²) in [5.41, 5.74) is 6.40. The zero-order chi connectivity index (χ0) is 17.5. The van der Waals surface area contributed by atoms with Gasteiger partial charge in [0.1, 0.15) is 0 Å². The monoisotopic (exact) mass is 327 g/mol. The van der Waals surface area contributed by atoms with E-state index >= 15 is 0 Å². The molecule has 2 aromatic rings. The van der Waals surface area contributed by atoms with Crippen LogP contribution in [-0.4, -0.2) is 14.1 Å². The van der Waals surface area contributed by atoms with Gasteiger partial charge >= 0.3 is 0 Å². The van der Waals surface area contributed by atoms with Gasteiger partial charge in [0.15, 0.2) is 0 Å². The molecule has 0 aliphatic carbocycles. The Morgan fingerprint density at radius 3 is 2.08 bits per heavy atom. The van der Waals surface area contributed by atoms with Crippen molar-refractivity contribution in [3.63, 3.8) is 0 Å². The van der Waals surface area contributed by atoms with Crippen LogP contribution in [-0.2, 0) is 36.8 Å². The average Bonchev–Trinajstić information content (AvgIpc) is 3.17. The molecule has 0 fully saturated rings. The van der Waals surface area contributed by atoms with Crippen molar-refractivity contribution in [3.8, 4) is 0 Å². The Morgan fingerprint density at radius 1 is 0.833 bits per heavy atom. The van der Waals surface area contributed by atoms with Crippen molar-refractivity contribution in [3.05, 3.63) is 41.2 Å². The Balaban J connectivity index is 0.000000141. The molecule has 2 aliphatic heterocycles. The maximum Gasteiger partial charge on any atom is 0.0951 e. The van der Waals surface area contributed by atoms with Crippen LogP contribution in [0.25, 0.3) is 0 Å². The van der Waals surface area contributed by atoms with E-state index in [2.05, 4.69) is 67.9 Å². The Morgan fingerprint density at radius 2 is 1.46 bits per heavy atom. The molecule has 0 saturated carbocycles. The number of aromatic nitrogens is 3. The van der Waals surface area contributed by atoms with Gasteiger partial charge in [-0.2, -0.15) is 0 Å². The molecular weight excluding hydrogens is 294 g/mol. The van der Waals surface area contributed by atoms with Crippen LogP contribution in [0.3, 0.4) is 0 Å². The highest BCUT2D eigenvalue weighted by molar-refractivity contribution is 5.31. The first-order valence-electron chi connectivity index (χ1n) is 9.41. The first kappa shape index (κ1) is 17.3. The summed E-state index contributed by atoms with van der Waals surface area (Å²) in [6, 6.07) is 2.29. The summed E-state index contributed by atoms with van der Waals surface area (Å²) in [4.78, 5) is 4.47. The minimum atomic E-state index is 0.213. The molecule has 2 aromatic heterocycles. The van der Waals surface area contributed by atoms with Crippen molar-refractivity contribution < 1.29 is 0 Å². The molecule has 3 nitrogen and oxygen atoms in total. The molecule has 0 atom stereocenters. The van der Waals surface area contributed by atoms with Crippen LogP contribution in [0.1, 0.15) is 77.0 Å². The van der Waals surface area contributed by atoms with Crippen LogP contribution < -0.4 is 0 Å². The SMILES string of the molecule is CC(C)(C)c1ccn2c1CCC2.CC(C)(C)c1ncn2c1CCC2. The van der Waals surface area contributed by atoms with Gasteiger partial charge in [-0.05, 0) is 42.7 Å². The third-order valence-corrected chi connectivity index (χ3v) is 5.17. The number of aryl methyl sites for hydroxylation is 2. The van der Waals surface area contributed by atoms with E-state index in [0.29, 0.717) is 5.41 Å². The number of hydrogen-bond donors (Lipinski definition) is 0. The molecule has 4 rings (SSSR count). The van der Waals surface area contributed by atoms with Crippen LogP contribution in [0.4, 0.5) is 0 Å². The van der Waals surface area contributed by atoms with E-state index in [-0.39, 0.29) is 5.41 Å². The molecule has 0 unspecified atom stereocenters. The lowest BCUT2D eigenvalue weighted by Gasteiger charge is -2.18. The molecular formula is C21H33N3. The van der Waals surface area contributed by atoms with Crippen molar-refractivity contribution in [2.75, 3.05) is 0 Å². The van der Waals surface area contributed by atoms with Crippen LogP contribution in [0.5, 0.6) is 0 Å². The first-order valence-corrected chi connectivity index (χ1v) is 9.41. The van der Waals surface area contributed by atoms with Gasteiger partial charge in [-0.1, -0.05) is 41.5 Å². The predicted octanol–water partition coefficient (Wildman–Crippen LogP) is 4.86. The van der Waals surface area contributed by atoms with Gasteiger partial charge in [-0.3, -0.25) is 0 Å². The summed E-state index contributed by atoms with van der Waals surface area (Å²) in [6.07, 6.45) is 9.35. The van der Waals surface area contributed by atoms with Crippen LogP contribution >= 0.6 is 0 Å². The maximum atomic E-state index is 4.47. The van der Waals surface area contributed by atoms with Gasteiger partial charge in [0, 0.05) is 36.1 Å². The summed E-state index contributed by atoms with van der Waals surface area (Å²) in [5, 5.41) is 0. The van der Waals surface area contributed by atoms with E-state index in [1.165, 1.54) is 50.2 Å². The Hall–Kier alpha value is -1.51. The Labute approximate surface area is 147 Å². The molecule has 0 spiro atoms. The molecule has 4 heterocycles. The zero-order valence-corrected chi connectivity index (χ0v) is 16.3. The minimum Gasteiger partial charge on any atom is -0.351 e. The molecule has 3 heteroatoms. The standard InChI is InChI=1S/C11H17N.C10H16N2/c1-11(2,3)9-6-8-12-7-4-5-10(9)12;1-10(2,3)9-8-5-4-6-12(8)7-11-9/h6,8H,4-5,7H2,1-3H3;7H,4-6H2,1-3H3. The first-order chi connectivity index (χ1) is 11.2. The van der Waals surface area contributed by atoms with Crippen molar-refractivity contribution >= 4 is 0 Å². The van der Waals surface area contributed by atoms with Crippen molar-refractivity contribution in [2.24, 2.45) is 0 Å². The minimum absolute atomic E-state index is 0.213. The third-order valence-electron chi connectivity index (χ3n) is 5.17. The number of nitrogens with zero attached hydrogens (tertiary/aromatic N) is 3. The molecule has 0 bridgehead atoms. The predicted molar refractivity (Wildman–Crippen MR) is 101 cm³/mol. The van der Waals surface area contributed by atoms with Crippen molar-refractivity contribution in [2.45, 2.75) is 91.1 Å². The van der Waals surface area contributed by atoms with Crippen molar-refractivity contribution in [1.82, 2.24) is 14.1 Å². The highest BCUT2D eigenvalue weighted by Crippen LogP contribution is 2.30. The van der Waals surface area contributed by atoms with Crippen molar-refractivity contribution in [1.29, 1.82) is 0 Å². The van der Waals surface area contributed by atoms with Gasteiger partial charge in [-0.15, -0.1) is 0 Å². The lowest BCUT2D eigenvalue weighted by molar-refractivity contribution is 0.565. The Bertz CT molecular complexity index is 642. The summed E-state index contributed by atoms with van der Waals surface area (Å²) >= 11 is 0. The molecule has 0 amide bonds. The Kier molecular flexibility index (Phi) is 4.39. The molecule has 24 heavy (non-hydrogen) atoms. The molecule has 0 saturated heterocycles. The highest BCUT2D eigenvalue weighted by atomic mass is 15.1. The molecule has 132 valence electrons. The van der Waals surface area contributed by atoms with E-state index in [1.54, 1.807) is 11.3 Å². The van der Waals surface area contributed by atoms with Gasteiger partial charge in [0.2, 0.25) is 0 Å². The zero-order valence-electron chi connectivity index (χ0n) is 16.3. The van der Waals surface area contributed by atoms with Gasteiger partial charge in [0.25, 0.3) is 0 Å². The number of hydrogen-bond acceptors (Lipinski definition) is 1. The summed E-state index contributed by atoms with van der Waals surface area (Å²) in [6.45, 7) is 16.0. The largest absolute Gasteiger partial charge is 0.351 e. The molecule has 0 N–H and O–H groups in total. The topological polar surface area (TPSA) is 22.8 Å². The van der Waals surface area contributed by atoms with Gasteiger partial charge in [0.05, 0.1) is 12.0 Å². The second-order valence-electron chi connectivity index (χ2n) is 9.31.